The third kappa shape index (κ3) is 2.00. The molecule has 0 aliphatic heterocycles. The molecule has 1 fully saturated rings. The van der Waals surface area contributed by atoms with Crippen molar-refractivity contribution in [2.75, 3.05) is 0 Å². The minimum absolute atomic E-state index is 0.0373. The monoisotopic (exact) mass is 230 g/mol. The SMILES string of the molecule is CC(C)c1ccc(C2CC2(F)F)cc1Cl. The second-order valence-electron chi connectivity index (χ2n) is 4.45. The van der Waals surface area contributed by atoms with Gasteiger partial charge in [0.2, 0.25) is 0 Å². The van der Waals surface area contributed by atoms with E-state index in [1.54, 1.807) is 12.1 Å². The topological polar surface area (TPSA) is 0 Å². The first kappa shape index (κ1) is 10.9. The Morgan fingerprint density at radius 1 is 1.40 bits per heavy atom. The average Bonchev–Trinajstić information content (AvgIpc) is 2.74. The van der Waals surface area contributed by atoms with Gasteiger partial charge in [0.15, 0.2) is 0 Å². The fraction of sp³-hybridized carbons (Fsp3) is 0.500. The van der Waals surface area contributed by atoms with Crippen LogP contribution in [0.5, 0.6) is 0 Å². The van der Waals surface area contributed by atoms with E-state index in [-0.39, 0.29) is 6.42 Å². The van der Waals surface area contributed by atoms with Gasteiger partial charge in [-0.2, -0.15) is 0 Å². The smallest absolute Gasteiger partial charge is 0.206 e. The quantitative estimate of drug-likeness (QED) is 0.697. The maximum Gasteiger partial charge on any atom is 0.255 e. The lowest BCUT2D eigenvalue weighted by Crippen LogP contribution is -1.95. The van der Waals surface area contributed by atoms with Crippen LogP contribution in [0.4, 0.5) is 8.78 Å². The van der Waals surface area contributed by atoms with Crippen molar-refractivity contribution in [1.29, 1.82) is 0 Å². The van der Waals surface area contributed by atoms with Gasteiger partial charge in [0, 0.05) is 11.4 Å². The summed E-state index contributed by atoms with van der Waals surface area (Å²) in [5, 5.41) is 0.602. The van der Waals surface area contributed by atoms with E-state index in [0.717, 1.165) is 5.56 Å². The van der Waals surface area contributed by atoms with Gasteiger partial charge in [0.05, 0.1) is 5.92 Å². The van der Waals surface area contributed by atoms with Gasteiger partial charge in [-0.05, 0) is 23.1 Å². The van der Waals surface area contributed by atoms with Crippen LogP contribution in [0.15, 0.2) is 18.2 Å². The Kier molecular flexibility index (Phi) is 2.50. The zero-order chi connectivity index (χ0) is 11.2. The Hall–Kier alpha value is -0.630. The van der Waals surface area contributed by atoms with Gasteiger partial charge >= 0.3 is 0 Å². The molecule has 0 spiro atoms. The molecule has 0 radical (unpaired) electrons. The lowest BCUT2D eigenvalue weighted by molar-refractivity contribution is 0.112. The molecule has 3 heteroatoms. The summed E-state index contributed by atoms with van der Waals surface area (Å²) >= 11 is 6.04. The van der Waals surface area contributed by atoms with E-state index in [2.05, 4.69) is 0 Å². The molecule has 15 heavy (non-hydrogen) atoms. The molecule has 1 saturated carbocycles. The molecule has 0 heterocycles. The zero-order valence-electron chi connectivity index (χ0n) is 8.73. The van der Waals surface area contributed by atoms with Crippen molar-refractivity contribution < 1.29 is 8.78 Å². The molecule has 1 aromatic carbocycles. The Morgan fingerprint density at radius 3 is 2.40 bits per heavy atom. The van der Waals surface area contributed by atoms with E-state index in [1.165, 1.54) is 0 Å². The second-order valence-corrected chi connectivity index (χ2v) is 4.86. The van der Waals surface area contributed by atoms with Crippen LogP contribution in [0, 0.1) is 0 Å². The summed E-state index contributed by atoms with van der Waals surface area (Å²) < 4.78 is 25.7. The van der Waals surface area contributed by atoms with E-state index in [4.69, 9.17) is 11.6 Å². The molecule has 0 bridgehead atoms. The molecule has 1 unspecified atom stereocenters. The third-order valence-corrected chi connectivity index (χ3v) is 3.20. The summed E-state index contributed by atoms with van der Waals surface area (Å²) in [5.41, 5.74) is 1.68. The second kappa shape index (κ2) is 3.44. The molecule has 1 aliphatic carbocycles. The highest BCUT2D eigenvalue weighted by molar-refractivity contribution is 6.31. The fourth-order valence-electron chi connectivity index (χ4n) is 1.80. The van der Waals surface area contributed by atoms with Gasteiger partial charge < -0.3 is 0 Å². The van der Waals surface area contributed by atoms with E-state index < -0.39 is 11.8 Å². The molecule has 1 aromatic rings. The Balaban J connectivity index is 2.27. The highest BCUT2D eigenvalue weighted by Crippen LogP contribution is 2.56. The minimum Gasteiger partial charge on any atom is -0.206 e. The zero-order valence-corrected chi connectivity index (χ0v) is 9.48. The molecule has 2 rings (SSSR count). The summed E-state index contributed by atoms with van der Waals surface area (Å²) in [7, 11) is 0. The number of alkyl halides is 2. The van der Waals surface area contributed by atoms with Crippen molar-refractivity contribution in [1.82, 2.24) is 0 Å². The first-order chi connectivity index (χ1) is 6.92. The summed E-state index contributed by atoms with van der Waals surface area (Å²) in [5.74, 6) is -2.80. The highest BCUT2D eigenvalue weighted by Gasteiger charge is 2.57. The molecule has 1 aliphatic rings. The van der Waals surface area contributed by atoms with Gasteiger partial charge in [0.25, 0.3) is 5.92 Å². The normalized spacial score (nSPS) is 23.2. The maximum absolute atomic E-state index is 12.8. The Bertz CT molecular complexity index is 385. The van der Waals surface area contributed by atoms with Crippen LogP contribution in [-0.4, -0.2) is 5.92 Å². The van der Waals surface area contributed by atoms with Crippen LogP contribution >= 0.6 is 11.6 Å². The summed E-state index contributed by atoms with van der Waals surface area (Å²) in [6.45, 7) is 4.07. The molecule has 0 N–H and O–H groups in total. The molecule has 0 saturated heterocycles. The van der Waals surface area contributed by atoms with Crippen LogP contribution in [0.1, 0.15) is 43.2 Å². The van der Waals surface area contributed by atoms with Crippen LogP contribution in [-0.2, 0) is 0 Å². The van der Waals surface area contributed by atoms with Crippen molar-refractivity contribution in [3.63, 3.8) is 0 Å². The lowest BCUT2D eigenvalue weighted by atomic mass is 10.00. The number of benzene rings is 1. The molecule has 0 aromatic heterocycles. The molecular weight excluding hydrogens is 218 g/mol. The lowest BCUT2D eigenvalue weighted by Gasteiger charge is -2.09. The maximum atomic E-state index is 12.8. The van der Waals surface area contributed by atoms with Crippen molar-refractivity contribution in [3.05, 3.63) is 34.3 Å². The molecule has 82 valence electrons. The average molecular weight is 231 g/mol. The van der Waals surface area contributed by atoms with Gasteiger partial charge in [-0.3, -0.25) is 0 Å². The molecule has 1 atom stereocenters. The molecule has 0 amide bonds. The van der Waals surface area contributed by atoms with E-state index in [9.17, 15) is 8.78 Å². The number of hydrogen-bond donors (Lipinski definition) is 0. The van der Waals surface area contributed by atoms with Crippen molar-refractivity contribution >= 4 is 11.6 Å². The summed E-state index contributed by atoms with van der Waals surface area (Å²) in [4.78, 5) is 0. The third-order valence-electron chi connectivity index (χ3n) is 2.87. The first-order valence-electron chi connectivity index (χ1n) is 5.09. The Morgan fingerprint density at radius 2 is 2.00 bits per heavy atom. The standard InChI is InChI=1S/C12H13ClF2/c1-7(2)9-4-3-8(5-11(9)13)10-6-12(10,14)15/h3-5,7,10H,6H2,1-2H3. The van der Waals surface area contributed by atoms with E-state index in [1.807, 2.05) is 19.9 Å². The van der Waals surface area contributed by atoms with Crippen LogP contribution in [0.2, 0.25) is 5.02 Å². The predicted octanol–water partition coefficient (Wildman–Crippen LogP) is 4.59. The van der Waals surface area contributed by atoms with Gasteiger partial charge in [-0.1, -0.05) is 37.6 Å². The van der Waals surface area contributed by atoms with Gasteiger partial charge in [-0.25, -0.2) is 8.78 Å². The Labute approximate surface area is 93.2 Å². The van der Waals surface area contributed by atoms with Crippen molar-refractivity contribution in [3.8, 4) is 0 Å². The summed E-state index contributed by atoms with van der Waals surface area (Å²) in [6, 6.07) is 5.31. The summed E-state index contributed by atoms with van der Waals surface area (Å²) in [6.07, 6.45) is -0.0373. The van der Waals surface area contributed by atoms with Crippen LogP contribution in [0.3, 0.4) is 0 Å². The van der Waals surface area contributed by atoms with E-state index >= 15 is 0 Å². The van der Waals surface area contributed by atoms with Crippen molar-refractivity contribution in [2.45, 2.75) is 38.0 Å². The van der Waals surface area contributed by atoms with Crippen molar-refractivity contribution in [2.24, 2.45) is 0 Å². The first-order valence-corrected chi connectivity index (χ1v) is 5.47. The predicted molar refractivity (Wildman–Crippen MR) is 57.8 cm³/mol. The van der Waals surface area contributed by atoms with Gasteiger partial charge in [0.1, 0.15) is 0 Å². The molecule has 0 nitrogen and oxygen atoms in total. The minimum atomic E-state index is -2.51. The molecular formula is C12H13ClF2. The highest BCUT2D eigenvalue weighted by atomic mass is 35.5. The fourth-order valence-corrected chi connectivity index (χ4v) is 2.21. The number of halogens is 3. The van der Waals surface area contributed by atoms with E-state index in [0.29, 0.717) is 16.5 Å². The largest absolute Gasteiger partial charge is 0.255 e. The van der Waals surface area contributed by atoms with Crippen LogP contribution < -0.4 is 0 Å². The number of hydrogen-bond acceptors (Lipinski definition) is 0. The number of rotatable bonds is 2. The van der Waals surface area contributed by atoms with Crippen LogP contribution in [0.25, 0.3) is 0 Å². The van der Waals surface area contributed by atoms with Gasteiger partial charge in [-0.15, -0.1) is 0 Å².